The molecule has 2 rings (SSSR count). The molecule has 28 heavy (non-hydrogen) atoms. The minimum atomic E-state index is -0.824. The molecule has 0 atom stereocenters. The molecule has 156 valence electrons. The van der Waals surface area contributed by atoms with E-state index in [4.69, 9.17) is 14.0 Å². The summed E-state index contributed by atoms with van der Waals surface area (Å²) in [4.78, 5) is 11.5. The third kappa shape index (κ3) is 4.74. The lowest BCUT2D eigenvalue weighted by atomic mass is 9.74. The molecular formula is C21H31BF2O4. The number of hydrogen-bond donors (Lipinski definition) is 0. The van der Waals surface area contributed by atoms with E-state index in [9.17, 15) is 13.6 Å². The van der Waals surface area contributed by atoms with Crippen LogP contribution in [0, 0.1) is 11.6 Å². The summed E-state index contributed by atoms with van der Waals surface area (Å²) in [6.07, 6.45) is 1.17. The monoisotopic (exact) mass is 396 g/mol. The third-order valence-electron chi connectivity index (χ3n) is 5.75. The molecule has 1 fully saturated rings. The van der Waals surface area contributed by atoms with Gasteiger partial charge in [-0.15, -0.1) is 0 Å². The van der Waals surface area contributed by atoms with Crippen LogP contribution in [0.5, 0.6) is 0 Å². The van der Waals surface area contributed by atoms with Gasteiger partial charge in [0.05, 0.1) is 17.8 Å². The van der Waals surface area contributed by atoms with Crippen LogP contribution in [0.1, 0.15) is 73.3 Å². The Labute approximate surface area is 167 Å². The van der Waals surface area contributed by atoms with Crippen molar-refractivity contribution in [2.24, 2.45) is 0 Å². The molecule has 0 bridgehead atoms. The second kappa shape index (κ2) is 8.11. The van der Waals surface area contributed by atoms with Crippen LogP contribution in [-0.4, -0.2) is 30.9 Å². The quantitative estimate of drug-likeness (QED) is 0.510. The maximum absolute atomic E-state index is 14.9. The zero-order chi connectivity index (χ0) is 21.3. The molecule has 0 spiro atoms. The largest absolute Gasteiger partial charge is 0.495 e. The van der Waals surface area contributed by atoms with E-state index in [-0.39, 0.29) is 18.0 Å². The Morgan fingerprint density at radius 3 is 2.07 bits per heavy atom. The first-order valence-electron chi connectivity index (χ1n) is 9.81. The molecule has 4 nitrogen and oxygen atoms in total. The van der Waals surface area contributed by atoms with Gasteiger partial charge in [-0.25, -0.2) is 8.78 Å². The Kier molecular flexibility index (Phi) is 6.61. The topological polar surface area (TPSA) is 44.8 Å². The Balaban J connectivity index is 2.18. The van der Waals surface area contributed by atoms with E-state index in [1.54, 1.807) is 20.8 Å². The fourth-order valence-electron chi connectivity index (χ4n) is 3.39. The Morgan fingerprint density at radius 1 is 1.11 bits per heavy atom. The van der Waals surface area contributed by atoms with Gasteiger partial charge >= 0.3 is 13.1 Å². The second-order valence-corrected chi connectivity index (χ2v) is 8.99. The van der Waals surface area contributed by atoms with Gasteiger partial charge < -0.3 is 14.0 Å². The van der Waals surface area contributed by atoms with E-state index >= 15 is 0 Å². The minimum Gasteiger partial charge on any atom is -0.466 e. The molecule has 1 saturated heterocycles. The Morgan fingerprint density at radius 2 is 1.61 bits per heavy atom. The van der Waals surface area contributed by atoms with Crippen molar-refractivity contribution in [3.05, 3.63) is 29.3 Å². The number of carbonyl (C=O) groups is 1. The summed E-state index contributed by atoms with van der Waals surface area (Å²) in [5, 5.41) is 0. The van der Waals surface area contributed by atoms with Gasteiger partial charge in [-0.2, -0.15) is 0 Å². The first-order chi connectivity index (χ1) is 12.8. The van der Waals surface area contributed by atoms with E-state index in [1.165, 1.54) is 12.1 Å². The molecule has 1 heterocycles. The number of ether oxygens (including phenoxy) is 1. The highest BCUT2D eigenvalue weighted by Crippen LogP contribution is 2.37. The molecule has 1 aliphatic rings. The van der Waals surface area contributed by atoms with E-state index in [0.29, 0.717) is 24.9 Å². The number of halogens is 2. The third-order valence-corrected chi connectivity index (χ3v) is 5.75. The molecule has 0 saturated carbocycles. The summed E-state index contributed by atoms with van der Waals surface area (Å²) in [6, 6.07) is 2.57. The van der Waals surface area contributed by atoms with Crippen LogP contribution in [0.15, 0.2) is 12.1 Å². The number of benzene rings is 1. The highest BCUT2D eigenvalue weighted by molar-refractivity contribution is 6.62. The average Bonchev–Trinajstić information content (AvgIpc) is 2.74. The van der Waals surface area contributed by atoms with Gasteiger partial charge in [0.2, 0.25) is 0 Å². The van der Waals surface area contributed by atoms with Gasteiger partial charge in [-0.05, 0) is 70.5 Å². The molecule has 0 N–H and O–H groups in total. The van der Waals surface area contributed by atoms with Crippen LogP contribution in [-0.2, 0) is 24.3 Å². The van der Waals surface area contributed by atoms with Crippen LogP contribution < -0.4 is 5.46 Å². The van der Waals surface area contributed by atoms with E-state index in [1.807, 2.05) is 27.7 Å². The highest BCUT2D eigenvalue weighted by Gasteiger charge is 2.52. The molecular weight excluding hydrogens is 365 g/mol. The van der Waals surface area contributed by atoms with Gasteiger partial charge in [-0.3, -0.25) is 4.79 Å². The van der Waals surface area contributed by atoms with Gasteiger partial charge in [0, 0.05) is 12.0 Å². The van der Waals surface area contributed by atoms with Crippen LogP contribution >= 0.6 is 0 Å². The van der Waals surface area contributed by atoms with Crippen molar-refractivity contribution in [2.75, 3.05) is 6.61 Å². The fourth-order valence-corrected chi connectivity index (χ4v) is 3.39. The van der Waals surface area contributed by atoms with Gasteiger partial charge in [0.1, 0.15) is 11.6 Å². The molecule has 0 aromatic heterocycles. The molecule has 7 heteroatoms. The standard InChI is InChI=1S/C21H31BF2O4/c1-8-26-17(25)10-9-11-19(2,3)18-15(23)12-14(13-16(18)24)22-27-20(4,5)21(6,7)28-22/h12-13H,8-11H2,1-7H3. The van der Waals surface area contributed by atoms with Gasteiger partial charge in [-0.1, -0.05) is 13.8 Å². The van der Waals surface area contributed by atoms with Crippen molar-refractivity contribution in [3.8, 4) is 0 Å². The van der Waals surface area contributed by atoms with Crippen molar-refractivity contribution < 1.29 is 27.6 Å². The molecule has 1 aromatic carbocycles. The summed E-state index contributed by atoms with van der Waals surface area (Å²) in [6.45, 7) is 13.2. The van der Waals surface area contributed by atoms with Crippen LogP contribution in [0.25, 0.3) is 0 Å². The van der Waals surface area contributed by atoms with Crippen molar-refractivity contribution in [1.29, 1.82) is 0 Å². The molecule has 0 unspecified atom stereocenters. The highest BCUT2D eigenvalue weighted by atomic mass is 19.1. The second-order valence-electron chi connectivity index (χ2n) is 8.99. The summed E-state index contributed by atoms with van der Waals surface area (Å²) < 4.78 is 46.5. The van der Waals surface area contributed by atoms with E-state index < -0.39 is 35.4 Å². The van der Waals surface area contributed by atoms with Crippen molar-refractivity contribution in [2.45, 2.75) is 84.3 Å². The first kappa shape index (κ1) is 22.8. The maximum Gasteiger partial charge on any atom is 0.495 e. The lowest BCUT2D eigenvalue weighted by Crippen LogP contribution is -2.41. The molecule has 0 aliphatic carbocycles. The molecule has 0 radical (unpaired) electrons. The number of rotatable bonds is 7. The smallest absolute Gasteiger partial charge is 0.466 e. The summed E-state index contributed by atoms with van der Waals surface area (Å²) in [5.74, 6) is -1.56. The summed E-state index contributed by atoms with van der Waals surface area (Å²) in [7, 11) is -0.824. The van der Waals surface area contributed by atoms with Crippen molar-refractivity contribution in [1.82, 2.24) is 0 Å². The predicted molar refractivity (Wildman–Crippen MR) is 106 cm³/mol. The van der Waals surface area contributed by atoms with Crippen LogP contribution in [0.3, 0.4) is 0 Å². The summed E-state index contributed by atoms with van der Waals surface area (Å²) >= 11 is 0. The van der Waals surface area contributed by atoms with Crippen LogP contribution in [0.2, 0.25) is 0 Å². The first-order valence-corrected chi connectivity index (χ1v) is 9.81. The summed E-state index contributed by atoms with van der Waals surface area (Å²) in [5.41, 5.74) is -1.61. The zero-order valence-electron chi connectivity index (χ0n) is 17.9. The number of hydrogen-bond acceptors (Lipinski definition) is 4. The number of esters is 1. The van der Waals surface area contributed by atoms with Crippen molar-refractivity contribution in [3.63, 3.8) is 0 Å². The maximum atomic E-state index is 14.9. The Bertz CT molecular complexity index is 692. The SMILES string of the molecule is CCOC(=O)CCCC(C)(C)c1c(F)cc(B2OC(C)(C)C(C)(C)O2)cc1F. The van der Waals surface area contributed by atoms with E-state index in [0.717, 1.165) is 0 Å². The van der Waals surface area contributed by atoms with Gasteiger partial charge in [0.25, 0.3) is 0 Å². The Hall–Kier alpha value is -1.47. The predicted octanol–water partition coefficient (Wildman–Crippen LogP) is 4.28. The minimum absolute atomic E-state index is 0.0108. The molecule has 1 aromatic rings. The number of carbonyl (C=O) groups excluding carboxylic acids is 1. The lowest BCUT2D eigenvalue weighted by molar-refractivity contribution is -0.143. The average molecular weight is 396 g/mol. The normalized spacial score (nSPS) is 18.4. The van der Waals surface area contributed by atoms with Crippen molar-refractivity contribution >= 4 is 18.6 Å². The molecule has 1 aliphatic heterocycles. The zero-order valence-corrected chi connectivity index (χ0v) is 17.9. The molecule has 0 amide bonds. The fraction of sp³-hybridized carbons (Fsp3) is 0.667. The lowest BCUT2D eigenvalue weighted by Gasteiger charge is -2.32. The van der Waals surface area contributed by atoms with Gasteiger partial charge in [0.15, 0.2) is 0 Å². The van der Waals surface area contributed by atoms with Crippen LogP contribution in [0.4, 0.5) is 8.78 Å². The van der Waals surface area contributed by atoms with E-state index in [2.05, 4.69) is 0 Å².